The fourth-order valence-electron chi connectivity index (χ4n) is 2.13. The Kier molecular flexibility index (Phi) is 4.71. The lowest BCUT2D eigenvalue weighted by Crippen LogP contribution is -1.91. The normalized spacial score (nSPS) is 10.2. The van der Waals surface area contributed by atoms with Gasteiger partial charge in [0.25, 0.3) is 0 Å². The summed E-state index contributed by atoms with van der Waals surface area (Å²) in [6, 6.07) is 11.8. The molecule has 1 N–H and O–H groups in total. The summed E-state index contributed by atoms with van der Waals surface area (Å²) in [5.74, 6) is -3.76. The molecule has 114 valence electrons. The molecule has 22 heavy (non-hydrogen) atoms. The van der Waals surface area contributed by atoms with Gasteiger partial charge < -0.3 is 5.11 Å². The van der Waals surface area contributed by atoms with Gasteiger partial charge in [-0.05, 0) is 52.2 Å². The molecule has 0 fully saturated rings. The van der Waals surface area contributed by atoms with Crippen molar-refractivity contribution in [3.05, 3.63) is 66.0 Å². The third-order valence-electron chi connectivity index (χ3n) is 3.14. The molecule has 0 saturated carbocycles. The second kappa shape index (κ2) is 6.52. The molecule has 3 rings (SSSR count). The smallest absolute Gasteiger partial charge is 0.194 e. The molecule has 0 aromatic heterocycles. The number of phenolic OH excluding ortho intramolecular Hbond substituents is 1. The first-order chi connectivity index (χ1) is 10.5. The van der Waals surface area contributed by atoms with Gasteiger partial charge in [-0.25, -0.2) is 13.2 Å². The zero-order valence-corrected chi connectivity index (χ0v) is 12.2. The molecular weight excluding hydrogens is 289 g/mol. The van der Waals surface area contributed by atoms with E-state index >= 15 is 0 Å². The van der Waals surface area contributed by atoms with Crippen molar-refractivity contribution >= 4 is 10.8 Å². The van der Waals surface area contributed by atoms with E-state index in [1.54, 1.807) is 30.3 Å². The van der Waals surface area contributed by atoms with Gasteiger partial charge in [0.05, 0.1) is 0 Å². The van der Waals surface area contributed by atoms with Gasteiger partial charge in [-0.3, -0.25) is 0 Å². The molecule has 0 atom stereocenters. The summed E-state index contributed by atoms with van der Waals surface area (Å²) in [5, 5.41) is 11.0. The van der Waals surface area contributed by atoms with Crippen LogP contribution in [-0.2, 0) is 0 Å². The van der Waals surface area contributed by atoms with Gasteiger partial charge in [0, 0.05) is 0 Å². The molecule has 0 heterocycles. The number of rotatable bonds is 1. The number of benzene rings is 3. The van der Waals surface area contributed by atoms with E-state index in [9.17, 15) is 18.3 Å². The first kappa shape index (κ1) is 15.9. The molecular formula is C18H15F3O. The summed E-state index contributed by atoms with van der Waals surface area (Å²) >= 11 is 0. The number of aromatic hydroxyl groups is 1. The van der Waals surface area contributed by atoms with E-state index in [2.05, 4.69) is 0 Å². The van der Waals surface area contributed by atoms with E-state index in [0.29, 0.717) is 5.56 Å². The summed E-state index contributed by atoms with van der Waals surface area (Å²) in [6.07, 6.45) is 0. The fourth-order valence-corrected chi connectivity index (χ4v) is 2.13. The minimum atomic E-state index is -1.47. The topological polar surface area (TPSA) is 20.2 Å². The maximum atomic E-state index is 13.2. The van der Waals surface area contributed by atoms with Crippen LogP contribution in [0.5, 0.6) is 5.75 Å². The summed E-state index contributed by atoms with van der Waals surface area (Å²) in [7, 11) is 0. The number of fused-ring (bicyclic) bond motifs is 1. The van der Waals surface area contributed by atoms with Gasteiger partial charge in [0.15, 0.2) is 17.5 Å². The summed E-state index contributed by atoms with van der Waals surface area (Å²) < 4.78 is 39.4. The minimum Gasteiger partial charge on any atom is -0.508 e. The number of hydrogen-bond donors (Lipinski definition) is 1. The van der Waals surface area contributed by atoms with Crippen LogP contribution in [0.2, 0.25) is 0 Å². The highest BCUT2D eigenvalue weighted by atomic mass is 19.2. The molecule has 0 bridgehead atoms. The van der Waals surface area contributed by atoms with Crippen LogP contribution in [0.3, 0.4) is 0 Å². The highest BCUT2D eigenvalue weighted by Gasteiger charge is 2.11. The molecule has 4 heteroatoms. The quantitative estimate of drug-likeness (QED) is 0.575. The second-order valence-corrected chi connectivity index (χ2v) is 4.50. The second-order valence-electron chi connectivity index (χ2n) is 4.50. The molecule has 3 aromatic carbocycles. The van der Waals surface area contributed by atoms with Crippen molar-refractivity contribution in [3.8, 4) is 16.9 Å². The third kappa shape index (κ3) is 3.06. The summed E-state index contributed by atoms with van der Waals surface area (Å²) in [5.41, 5.74) is 0.831. The summed E-state index contributed by atoms with van der Waals surface area (Å²) in [6.45, 7) is 4.00. The monoisotopic (exact) mass is 304 g/mol. The van der Waals surface area contributed by atoms with Gasteiger partial charge >= 0.3 is 0 Å². The van der Waals surface area contributed by atoms with Crippen LogP contribution in [0, 0.1) is 17.5 Å². The minimum absolute atomic E-state index is 0.143. The lowest BCUT2D eigenvalue weighted by Gasteiger charge is -2.06. The highest BCUT2D eigenvalue weighted by Crippen LogP contribution is 2.28. The average molecular weight is 304 g/mol. The van der Waals surface area contributed by atoms with Crippen molar-refractivity contribution in [1.29, 1.82) is 0 Å². The molecule has 0 spiro atoms. The Hall–Kier alpha value is -2.49. The summed E-state index contributed by atoms with van der Waals surface area (Å²) in [4.78, 5) is 0. The lowest BCUT2D eigenvalue weighted by atomic mass is 10.0. The van der Waals surface area contributed by atoms with E-state index in [4.69, 9.17) is 0 Å². The molecule has 0 unspecified atom stereocenters. The van der Waals surface area contributed by atoms with Gasteiger partial charge in [-0.15, -0.1) is 0 Å². The SMILES string of the molecule is CC.Oc1ccc2cc(-c3cc(F)c(F)c(F)c3)ccc2c1. The molecule has 0 aliphatic carbocycles. The average Bonchev–Trinajstić information content (AvgIpc) is 2.53. The Morgan fingerprint density at radius 2 is 1.23 bits per heavy atom. The zero-order chi connectivity index (χ0) is 16.3. The Morgan fingerprint density at radius 1 is 0.682 bits per heavy atom. The molecule has 0 amide bonds. The van der Waals surface area contributed by atoms with E-state index in [1.807, 2.05) is 13.8 Å². The van der Waals surface area contributed by atoms with E-state index in [1.165, 1.54) is 6.07 Å². The molecule has 1 nitrogen and oxygen atoms in total. The van der Waals surface area contributed by atoms with Crippen molar-refractivity contribution in [2.45, 2.75) is 13.8 Å². The van der Waals surface area contributed by atoms with Crippen molar-refractivity contribution in [2.24, 2.45) is 0 Å². The zero-order valence-electron chi connectivity index (χ0n) is 12.2. The van der Waals surface area contributed by atoms with Gasteiger partial charge in [0.2, 0.25) is 0 Å². The predicted octanol–water partition coefficient (Wildman–Crippen LogP) is 5.66. The van der Waals surface area contributed by atoms with E-state index < -0.39 is 17.5 Å². The van der Waals surface area contributed by atoms with Crippen molar-refractivity contribution in [2.75, 3.05) is 0 Å². The number of halogens is 3. The Morgan fingerprint density at radius 3 is 1.86 bits per heavy atom. The lowest BCUT2D eigenvalue weighted by molar-refractivity contribution is 0.448. The van der Waals surface area contributed by atoms with Crippen LogP contribution in [-0.4, -0.2) is 5.11 Å². The number of phenols is 1. The maximum absolute atomic E-state index is 13.2. The Balaban J connectivity index is 0.000000847. The van der Waals surface area contributed by atoms with Crippen LogP contribution in [0.25, 0.3) is 21.9 Å². The molecule has 3 aromatic rings. The first-order valence-electron chi connectivity index (χ1n) is 6.92. The van der Waals surface area contributed by atoms with Crippen LogP contribution < -0.4 is 0 Å². The van der Waals surface area contributed by atoms with Gasteiger partial charge in [0.1, 0.15) is 5.75 Å². The Bertz CT molecular complexity index is 790. The maximum Gasteiger partial charge on any atom is 0.194 e. The molecule has 0 aliphatic rings. The van der Waals surface area contributed by atoms with Crippen LogP contribution in [0.4, 0.5) is 13.2 Å². The highest BCUT2D eigenvalue weighted by molar-refractivity contribution is 5.88. The van der Waals surface area contributed by atoms with Crippen molar-refractivity contribution in [1.82, 2.24) is 0 Å². The van der Waals surface area contributed by atoms with E-state index in [0.717, 1.165) is 22.9 Å². The molecule has 0 saturated heterocycles. The van der Waals surface area contributed by atoms with Crippen molar-refractivity contribution < 1.29 is 18.3 Å². The predicted molar refractivity (Wildman–Crippen MR) is 82.3 cm³/mol. The third-order valence-corrected chi connectivity index (χ3v) is 3.14. The van der Waals surface area contributed by atoms with Crippen LogP contribution in [0.1, 0.15) is 13.8 Å². The first-order valence-corrected chi connectivity index (χ1v) is 6.92. The van der Waals surface area contributed by atoms with Crippen LogP contribution >= 0.6 is 0 Å². The van der Waals surface area contributed by atoms with Gasteiger partial charge in [-0.1, -0.05) is 32.0 Å². The molecule has 0 radical (unpaired) electrons. The standard InChI is InChI=1S/C16H9F3O.C2H6/c17-14-7-12(8-15(18)16(14)19)10-1-2-11-6-13(20)4-3-9(11)5-10;1-2/h1-8,20H;1-2H3. The van der Waals surface area contributed by atoms with Crippen LogP contribution in [0.15, 0.2) is 48.5 Å². The largest absolute Gasteiger partial charge is 0.508 e. The number of hydrogen-bond acceptors (Lipinski definition) is 1. The Labute approximate surface area is 126 Å². The fraction of sp³-hybridized carbons (Fsp3) is 0.111. The van der Waals surface area contributed by atoms with E-state index in [-0.39, 0.29) is 11.3 Å². The molecule has 0 aliphatic heterocycles. The van der Waals surface area contributed by atoms with Crippen molar-refractivity contribution in [3.63, 3.8) is 0 Å². The van der Waals surface area contributed by atoms with Gasteiger partial charge in [-0.2, -0.15) is 0 Å².